The first kappa shape index (κ1) is 20.7. The van der Waals surface area contributed by atoms with Crippen LogP contribution in [-0.2, 0) is 11.3 Å². The van der Waals surface area contributed by atoms with E-state index >= 15 is 0 Å². The molecule has 0 spiro atoms. The number of urea groups is 1. The molecule has 1 aromatic carbocycles. The van der Waals surface area contributed by atoms with Crippen LogP contribution >= 0.6 is 11.6 Å². The van der Waals surface area contributed by atoms with Crippen LogP contribution in [0.5, 0.6) is 0 Å². The van der Waals surface area contributed by atoms with Gasteiger partial charge in [-0.05, 0) is 55.7 Å². The normalized spacial score (nSPS) is 17.8. The molecule has 0 radical (unpaired) electrons. The third-order valence-corrected chi connectivity index (χ3v) is 6.36. The number of anilines is 3. The number of fused-ring (bicyclic) bond motifs is 1. The molecule has 1 N–H and O–H groups in total. The van der Waals surface area contributed by atoms with Crippen molar-refractivity contribution in [3.63, 3.8) is 0 Å². The van der Waals surface area contributed by atoms with Crippen molar-refractivity contribution < 1.29 is 9.59 Å². The number of nitrogens with zero attached hydrogens (tertiary/aromatic N) is 3. The van der Waals surface area contributed by atoms with Crippen molar-refractivity contribution >= 4 is 40.7 Å². The molecule has 7 heteroatoms. The lowest BCUT2D eigenvalue weighted by molar-refractivity contribution is -0.119. The van der Waals surface area contributed by atoms with E-state index < -0.39 is 0 Å². The smallest absolute Gasteiger partial charge is 0.315 e. The highest BCUT2D eigenvalue weighted by Crippen LogP contribution is 2.38. The molecule has 0 bridgehead atoms. The SMILES string of the molecule is CC[C@@H](C)C(=O)Nc1ccc2c(n1)CN(C1CCCC1)C(=O)N2c1ccc(Cl)cc1. The summed E-state index contributed by atoms with van der Waals surface area (Å²) in [6, 6.07) is 11.1. The van der Waals surface area contributed by atoms with Crippen LogP contribution in [0.3, 0.4) is 0 Å². The lowest BCUT2D eigenvalue weighted by Crippen LogP contribution is -2.49. The molecule has 1 saturated carbocycles. The number of amides is 3. The van der Waals surface area contributed by atoms with E-state index in [1.54, 1.807) is 23.1 Å². The quantitative estimate of drug-likeness (QED) is 0.663. The van der Waals surface area contributed by atoms with E-state index in [4.69, 9.17) is 16.6 Å². The van der Waals surface area contributed by atoms with Crippen LogP contribution in [0, 0.1) is 5.92 Å². The number of benzene rings is 1. The van der Waals surface area contributed by atoms with Gasteiger partial charge in [-0.2, -0.15) is 0 Å². The minimum absolute atomic E-state index is 0.0325. The van der Waals surface area contributed by atoms with Gasteiger partial charge >= 0.3 is 6.03 Å². The fourth-order valence-corrected chi connectivity index (χ4v) is 4.25. The molecule has 4 rings (SSSR count). The van der Waals surface area contributed by atoms with Crippen molar-refractivity contribution in [3.05, 3.63) is 47.1 Å². The predicted molar refractivity (Wildman–Crippen MR) is 119 cm³/mol. The number of nitrogens with one attached hydrogen (secondary N) is 1. The van der Waals surface area contributed by atoms with E-state index in [1.807, 2.05) is 36.9 Å². The molecule has 2 heterocycles. The van der Waals surface area contributed by atoms with Crippen LogP contribution in [0.25, 0.3) is 0 Å². The van der Waals surface area contributed by atoms with Gasteiger partial charge in [-0.1, -0.05) is 38.3 Å². The van der Waals surface area contributed by atoms with Gasteiger partial charge in [0.25, 0.3) is 0 Å². The highest BCUT2D eigenvalue weighted by Gasteiger charge is 2.37. The lowest BCUT2D eigenvalue weighted by atomic mass is 10.1. The van der Waals surface area contributed by atoms with Gasteiger partial charge in [0.05, 0.1) is 23.6 Å². The number of aromatic nitrogens is 1. The van der Waals surface area contributed by atoms with Crippen LogP contribution in [0.1, 0.15) is 51.6 Å². The monoisotopic (exact) mass is 426 g/mol. The van der Waals surface area contributed by atoms with Crippen molar-refractivity contribution in [1.82, 2.24) is 9.88 Å². The Morgan fingerprint density at radius 1 is 1.20 bits per heavy atom. The summed E-state index contributed by atoms with van der Waals surface area (Å²) in [5, 5.41) is 3.53. The Morgan fingerprint density at radius 2 is 1.90 bits per heavy atom. The Morgan fingerprint density at radius 3 is 2.57 bits per heavy atom. The van der Waals surface area contributed by atoms with Crippen molar-refractivity contribution in [3.8, 4) is 0 Å². The first-order valence-electron chi connectivity index (χ1n) is 10.6. The Hall–Kier alpha value is -2.60. The molecule has 6 nitrogen and oxygen atoms in total. The Labute approximate surface area is 182 Å². The molecule has 1 aromatic heterocycles. The van der Waals surface area contributed by atoms with Gasteiger partial charge in [-0.25, -0.2) is 9.78 Å². The van der Waals surface area contributed by atoms with Crippen molar-refractivity contribution in [2.75, 3.05) is 10.2 Å². The van der Waals surface area contributed by atoms with Crippen molar-refractivity contribution in [2.24, 2.45) is 5.92 Å². The van der Waals surface area contributed by atoms with E-state index in [-0.39, 0.29) is 23.9 Å². The van der Waals surface area contributed by atoms with Gasteiger partial charge in [0.15, 0.2) is 0 Å². The molecule has 1 fully saturated rings. The number of hydrogen-bond donors (Lipinski definition) is 1. The average Bonchev–Trinajstić information content (AvgIpc) is 3.28. The molecule has 2 aromatic rings. The highest BCUT2D eigenvalue weighted by atomic mass is 35.5. The maximum Gasteiger partial charge on any atom is 0.329 e. The second-order valence-corrected chi connectivity index (χ2v) is 8.56. The van der Waals surface area contributed by atoms with Crippen LogP contribution in [0.2, 0.25) is 5.02 Å². The second kappa shape index (κ2) is 8.64. The van der Waals surface area contributed by atoms with E-state index in [1.165, 1.54) is 0 Å². The minimum Gasteiger partial charge on any atom is -0.315 e. The summed E-state index contributed by atoms with van der Waals surface area (Å²) < 4.78 is 0. The maximum atomic E-state index is 13.5. The van der Waals surface area contributed by atoms with E-state index in [0.717, 1.165) is 49.2 Å². The summed E-state index contributed by atoms with van der Waals surface area (Å²) in [5.41, 5.74) is 2.29. The van der Waals surface area contributed by atoms with Gasteiger partial charge in [-0.3, -0.25) is 9.69 Å². The zero-order valence-electron chi connectivity index (χ0n) is 17.4. The Bertz CT molecular complexity index is 941. The van der Waals surface area contributed by atoms with Gasteiger partial charge in [0, 0.05) is 17.0 Å². The third kappa shape index (κ3) is 4.01. The molecule has 30 heavy (non-hydrogen) atoms. The van der Waals surface area contributed by atoms with Crippen LogP contribution in [-0.4, -0.2) is 27.9 Å². The van der Waals surface area contributed by atoms with Gasteiger partial charge in [0.2, 0.25) is 5.91 Å². The number of carbonyl (C=O) groups excluding carboxylic acids is 2. The number of hydrogen-bond acceptors (Lipinski definition) is 3. The molecule has 0 unspecified atom stereocenters. The molecular formula is C23H27ClN4O2. The second-order valence-electron chi connectivity index (χ2n) is 8.12. The molecule has 0 saturated heterocycles. The first-order chi connectivity index (χ1) is 14.5. The fraction of sp³-hybridized carbons (Fsp3) is 0.435. The average molecular weight is 427 g/mol. The molecule has 1 aliphatic carbocycles. The minimum atomic E-state index is -0.0787. The zero-order valence-corrected chi connectivity index (χ0v) is 18.2. The maximum absolute atomic E-state index is 13.5. The van der Waals surface area contributed by atoms with Crippen LogP contribution < -0.4 is 10.2 Å². The zero-order chi connectivity index (χ0) is 21.3. The van der Waals surface area contributed by atoms with Crippen LogP contribution in [0.4, 0.5) is 22.0 Å². The predicted octanol–water partition coefficient (Wildman–Crippen LogP) is 5.74. The summed E-state index contributed by atoms with van der Waals surface area (Å²) in [7, 11) is 0. The van der Waals surface area contributed by atoms with Gasteiger partial charge < -0.3 is 10.2 Å². The molecule has 2 aliphatic rings. The number of pyridine rings is 1. The summed E-state index contributed by atoms with van der Waals surface area (Å²) in [4.78, 5) is 34.2. The number of carbonyl (C=O) groups is 2. The number of halogens is 1. The fourth-order valence-electron chi connectivity index (χ4n) is 4.12. The first-order valence-corrected chi connectivity index (χ1v) is 11.0. The summed E-state index contributed by atoms with van der Waals surface area (Å²) in [6.45, 7) is 4.34. The summed E-state index contributed by atoms with van der Waals surface area (Å²) in [6.07, 6.45) is 5.08. The lowest BCUT2D eigenvalue weighted by Gasteiger charge is -2.39. The van der Waals surface area contributed by atoms with E-state index in [9.17, 15) is 9.59 Å². The topological polar surface area (TPSA) is 65.5 Å². The summed E-state index contributed by atoms with van der Waals surface area (Å²) in [5.74, 6) is 0.403. The molecule has 1 atom stereocenters. The highest BCUT2D eigenvalue weighted by molar-refractivity contribution is 6.30. The van der Waals surface area contributed by atoms with Crippen molar-refractivity contribution in [1.29, 1.82) is 0 Å². The van der Waals surface area contributed by atoms with Gasteiger partial charge in [-0.15, -0.1) is 0 Å². The molecular weight excluding hydrogens is 400 g/mol. The Balaban J connectivity index is 1.71. The standard InChI is InChI=1S/C23H27ClN4O2/c1-3-15(2)22(29)26-21-13-12-20-19(25-21)14-27(17-6-4-5-7-17)23(30)28(20)18-10-8-16(24)9-11-18/h8-13,15,17H,3-7,14H2,1-2H3,(H,25,26,29)/t15-/m1/s1. The Kier molecular flexibility index (Phi) is 5.95. The van der Waals surface area contributed by atoms with E-state index in [2.05, 4.69) is 5.32 Å². The summed E-state index contributed by atoms with van der Waals surface area (Å²) >= 11 is 6.06. The van der Waals surface area contributed by atoms with E-state index in [0.29, 0.717) is 17.4 Å². The number of rotatable bonds is 5. The molecule has 3 amide bonds. The van der Waals surface area contributed by atoms with Crippen LogP contribution in [0.15, 0.2) is 36.4 Å². The van der Waals surface area contributed by atoms with Gasteiger partial charge in [0.1, 0.15) is 5.82 Å². The largest absolute Gasteiger partial charge is 0.329 e. The third-order valence-electron chi connectivity index (χ3n) is 6.11. The molecule has 1 aliphatic heterocycles. The van der Waals surface area contributed by atoms with Crippen molar-refractivity contribution in [2.45, 2.75) is 58.5 Å². The molecule has 158 valence electrons.